The molecule has 0 radical (unpaired) electrons. The molecule has 0 spiro atoms. The molecule has 2 fully saturated rings. The van der Waals surface area contributed by atoms with E-state index in [1.165, 1.54) is 11.3 Å². The highest BCUT2D eigenvalue weighted by Gasteiger charge is 2.56. The summed E-state index contributed by atoms with van der Waals surface area (Å²) in [5.41, 5.74) is 2.52. The molecule has 0 aromatic carbocycles. The van der Waals surface area contributed by atoms with Crippen LogP contribution in [0.3, 0.4) is 0 Å². The van der Waals surface area contributed by atoms with Crippen molar-refractivity contribution in [1.82, 2.24) is 4.90 Å². The third-order valence-electron chi connectivity index (χ3n) is 4.46. The highest BCUT2D eigenvalue weighted by atomic mass is 19.4. The number of alkyl halides is 3. The van der Waals surface area contributed by atoms with Crippen LogP contribution in [0, 0.1) is 5.92 Å². The van der Waals surface area contributed by atoms with Crippen LogP contribution < -0.4 is 5.73 Å². The number of hydrogen-bond donors (Lipinski definition) is 1. The topological polar surface area (TPSA) is 46.3 Å². The number of hydrogen-bond acceptors (Lipinski definition) is 2. The van der Waals surface area contributed by atoms with Gasteiger partial charge in [0.1, 0.15) is 0 Å². The second-order valence-electron chi connectivity index (χ2n) is 6.39. The molecule has 2 saturated carbocycles. The van der Waals surface area contributed by atoms with E-state index in [0.717, 1.165) is 45.4 Å². The van der Waals surface area contributed by atoms with Crippen molar-refractivity contribution in [2.75, 3.05) is 6.54 Å². The zero-order chi connectivity index (χ0) is 15.0. The molecule has 20 heavy (non-hydrogen) atoms. The van der Waals surface area contributed by atoms with Crippen LogP contribution in [0.1, 0.15) is 51.9 Å². The zero-order valence-electron chi connectivity index (χ0n) is 11.9. The van der Waals surface area contributed by atoms with Crippen molar-refractivity contribution in [3.8, 4) is 0 Å². The van der Waals surface area contributed by atoms with Gasteiger partial charge in [0, 0.05) is 12.6 Å². The number of nitrogens with zero attached hydrogens (tertiary/aromatic N) is 1. The van der Waals surface area contributed by atoms with E-state index in [4.69, 9.17) is 5.73 Å². The van der Waals surface area contributed by atoms with Crippen molar-refractivity contribution in [3.05, 3.63) is 0 Å². The Morgan fingerprint density at radius 2 is 1.70 bits per heavy atom. The van der Waals surface area contributed by atoms with Gasteiger partial charge in [-0.15, -0.1) is 0 Å². The van der Waals surface area contributed by atoms with Crippen LogP contribution in [0.25, 0.3) is 0 Å². The molecule has 0 aliphatic heterocycles. The summed E-state index contributed by atoms with van der Waals surface area (Å²) in [5.74, 6) is -0.629. The summed E-state index contributed by atoms with van der Waals surface area (Å²) in [7, 11) is 0. The van der Waals surface area contributed by atoms with Gasteiger partial charge in [0.25, 0.3) is 5.91 Å². The summed E-state index contributed by atoms with van der Waals surface area (Å²) in [6, 6.07) is -0.0327. The van der Waals surface area contributed by atoms with E-state index in [0.29, 0.717) is 12.5 Å². The van der Waals surface area contributed by atoms with E-state index in [1.54, 1.807) is 0 Å². The maximum absolute atomic E-state index is 12.9. The Balaban J connectivity index is 2.06. The van der Waals surface area contributed by atoms with Gasteiger partial charge in [-0.3, -0.25) is 4.79 Å². The highest BCUT2D eigenvalue weighted by Crippen LogP contribution is 2.36. The van der Waals surface area contributed by atoms with E-state index in [9.17, 15) is 18.0 Å². The molecular formula is C14H23F3N2O. The molecule has 1 unspecified atom stereocenters. The fourth-order valence-electron chi connectivity index (χ4n) is 2.85. The van der Waals surface area contributed by atoms with Gasteiger partial charge in [-0.25, -0.2) is 0 Å². The maximum atomic E-state index is 12.9. The number of nitrogens with two attached hydrogens (primary N) is 1. The Bertz CT molecular complexity index is 358. The van der Waals surface area contributed by atoms with E-state index in [-0.39, 0.29) is 6.04 Å². The smallest absolute Gasteiger partial charge is 0.338 e. The van der Waals surface area contributed by atoms with E-state index >= 15 is 0 Å². The predicted molar refractivity (Wildman–Crippen MR) is 70.0 cm³/mol. The Morgan fingerprint density at radius 3 is 2.15 bits per heavy atom. The molecule has 2 rings (SSSR count). The Hall–Kier alpha value is -0.780. The largest absolute Gasteiger partial charge is 0.415 e. The molecular weight excluding hydrogens is 269 g/mol. The summed E-state index contributed by atoms with van der Waals surface area (Å²) < 4.78 is 38.8. The molecule has 116 valence electrons. The first-order valence-electron chi connectivity index (χ1n) is 7.40. The first-order chi connectivity index (χ1) is 9.23. The van der Waals surface area contributed by atoms with Gasteiger partial charge in [0.2, 0.25) is 0 Å². The van der Waals surface area contributed by atoms with Crippen LogP contribution in [-0.4, -0.2) is 35.1 Å². The molecule has 3 nitrogen and oxygen atoms in total. The van der Waals surface area contributed by atoms with Crippen LogP contribution in [0.2, 0.25) is 0 Å². The average Bonchev–Trinajstić information content (AvgIpc) is 3.19. The minimum atomic E-state index is -4.70. The standard InChI is InChI=1S/C14H23F3N2O/c1-13(18,14(15,16)17)12(20)19(11-7-8-11)9-10-5-3-2-4-6-10/h10-11H,2-9,18H2,1H3. The summed E-state index contributed by atoms with van der Waals surface area (Å²) >= 11 is 0. The Labute approximate surface area is 117 Å². The van der Waals surface area contributed by atoms with Crippen molar-refractivity contribution in [1.29, 1.82) is 0 Å². The molecule has 0 saturated heterocycles. The van der Waals surface area contributed by atoms with Gasteiger partial charge in [0.05, 0.1) is 0 Å². The van der Waals surface area contributed by atoms with Crippen molar-refractivity contribution in [3.63, 3.8) is 0 Å². The van der Waals surface area contributed by atoms with Crippen LogP contribution in [0.4, 0.5) is 13.2 Å². The summed E-state index contributed by atoms with van der Waals surface area (Å²) in [6.07, 6.45) is 2.30. The van der Waals surface area contributed by atoms with Gasteiger partial charge >= 0.3 is 6.18 Å². The number of rotatable bonds is 4. The van der Waals surface area contributed by atoms with Crippen molar-refractivity contribution in [2.45, 2.75) is 69.6 Å². The second-order valence-corrected chi connectivity index (χ2v) is 6.39. The molecule has 0 heterocycles. The Kier molecular flexibility index (Phi) is 4.33. The van der Waals surface area contributed by atoms with E-state index < -0.39 is 17.6 Å². The van der Waals surface area contributed by atoms with Gasteiger partial charge in [-0.1, -0.05) is 19.3 Å². The number of halogens is 3. The highest BCUT2D eigenvalue weighted by molar-refractivity contribution is 5.87. The zero-order valence-corrected chi connectivity index (χ0v) is 11.9. The third kappa shape index (κ3) is 3.27. The quantitative estimate of drug-likeness (QED) is 0.866. The van der Waals surface area contributed by atoms with Gasteiger partial charge in [-0.2, -0.15) is 13.2 Å². The second kappa shape index (κ2) is 5.54. The minimum absolute atomic E-state index is 0.0327. The molecule has 2 aliphatic carbocycles. The van der Waals surface area contributed by atoms with Crippen molar-refractivity contribution < 1.29 is 18.0 Å². The van der Waals surface area contributed by atoms with E-state index in [1.807, 2.05) is 0 Å². The number of carbonyl (C=O) groups is 1. The fourth-order valence-corrected chi connectivity index (χ4v) is 2.85. The SMILES string of the molecule is CC(N)(C(=O)N(CC1CCCCC1)C1CC1)C(F)(F)F. The fraction of sp³-hybridized carbons (Fsp3) is 0.929. The average molecular weight is 292 g/mol. The van der Waals surface area contributed by atoms with Gasteiger partial charge in [0.15, 0.2) is 5.54 Å². The predicted octanol–water partition coefficient (Wildman–Crippen LogP) is 2.84. The lowest BCUT2D eigenvalue weighted by Gasteiger charge is -2.36. The van der Waals surface area contributed by atoms with Gasteiger partial charge in [-0.05, 0) is 38.5 Å². The minimum Gasteiger partial charge on any atom is -0.338 e. The van der Waals surface area contributed by atoms with E-state index in [2.05, 4.69) is 0 Å². The molecule has 1 amide bonds. The van der Waals surface area contributed by atoms with Crippen LogP contribution in [-0.2, 0) is 4.79 Å². The molecule has 2 N–H and O–H groups in total. The molecule has 0 aromatic heterocycles. The van der Waals surface area contributed by atoms with Crippen LogP contribution in [0.5, 0.6) is 0 Å². The van der Waals surface area contributed by atoms with Gasteiger partial charge < -0.3 is 10.6 Å². The molecule has 0 aromatic rings. The molecule has 6 heteroatoms. The Morgan fingerprint density at radius 1 is 1.15 bits per heavy atom. The lowest BCUT2D eigenvalue weighted by molar-refractivity contribution is -0.194. The first kappa shape index (κ1) is 15.6. The summed E-state index contributed by atoms with van der Waals surface area (Å²) in [6.45, 7) is 1.22. The molecule has 2 aliphatic rings. The van der Waals surface area contributed by atoms with Crippen molar-refractivity contribution >= 4 is 5.91 Å². The molecule has 1 atom stereocenters. The third-order valence-corrected chi connectivity index (χ3v) is 4.46. The molecule has 0 bridgehead atoms. The summed E-state index contributed by atoms with van der Waals surface area (Å²) in [4.78, 5) is 13.7. The number of carbonyl (C=O) groups excluding carboxylic acids is 1. The summed E-state index contributed by atoms with van der Waals surface area (Å²) in [5, 5.41) is 0. The normalized spacial score (nSPS) is 24.2. The maximum Gasteiger partial charge on any atom is 0.415 e. The lowest BCUT2D eigenvalue weighted by Crippen LogP contribution is -2.63. The van der Waals surface area contributed by atoms with Crippen LogP contribution >= 0.6 is 0 Å². The number of amides is 1. The monoisotopic (exact) mass is 292 g/mol. The van der Waals surface area contributed by atoms with Crippen molar-refractivity contribution in [2.24, 2.45) is 11.7 Å². The van der Waals surface area contributed by atoms with Crippen LogP contribution in [0.15, 0.2) is 0 Å². The lowest BCUT2D eigenvalue weighted by atomic mass is 9.88. The first-order valence-corrected chi connectivity index (χ1v) is 7.40.